The quantitative estimate of drug-likeness (QED) is 0.777. The van der Waals surface area contributed by atoms with Gasteiger partial charge in [-0.3, -0.25) is 0 Å². The summed E-state index contributed by atoms with van der Waals surface area (Å²) in [7, 11) is -0.986. The van der Waals surface area contributed by atoms with Gasteiger partial charge in [0.25, 0.3) is 0 Å². The Hall–Kier alpha value is -0.603. The molecule has 90 valence electrons. The van der Waals surface area contributed by atoms with Crippen molar-refractivity contribution >= 4 is 8.07 Å². The van der Waals surface area contributed by atoms with E-state index < -0.39 is 8.07 Å². The van der Waals surface area contributed by atoms with E-state index >= 15 is 0 Å². The average Bonchev–Trinajstić information content (AvgIpc) is 2.18. The lowest BCUT2D eigenvalue weighted by Gasteiger charge is -2.23. The summed E-state index contributed by atoms with van der Waals surface area (Å²) in [6.07, 6.45) is 1.14. The molecule has 1 unspecified atom stereocenters. The van der Waals surface area contributed by atoms with Crippen LogP contribution in [0, 0.1) is 12.8 Å². The highest BCUT2D eigenvalue weighted by atomic mass is 28.3. The van der Waals surface area contributed by atoms with Crippen molar-refractivity contribution in [1.29, 1.82) is 0 Å². The normalized spacial score (nSPS) is 13.8. The zero-order chi connectivity index (χ0) is 12.2. The van der Waals surface area contributed by atoms with Gasteiger partial charge in [0, 0.05) is 8.07 Å². The van der Waals surface area contributed by atoms with Crippen LogP contribution in [0.25, 0.3) is 0 Å². The van der Waals surface area contributed by atoms with Crippen LogP contribution >= 0.6 is 0 Å². The van der Waals surface area contributed by atoms with Gasteiger partial charge in [-0.15, -0.1) is 0 Å². The summed E-state index contributed by atoms with van der Waals surface area (Å²) in [6, 6.07) is 10.2. The highest BCUT2D eigenvalue weighted by Crippen LogP contribution is 2.20. The van der Waals surface area contributed by atoms with Crippen molar-refractivity contribution in [3.63, 3.8) is 0 Å². The first-order valence-corrected chi connectivity index (χ1v) is 9.87. The van der Waals surface area contributed by atoms with Crippen LogP contribution in [0.1, 0.15) is 11.1 Å². The van der Waals surface area contributed by atoms with Crippen molar-refractivity contribution in [2.45, 2.75) is 39.0 Å². The summed E-state index contributed by atoms with van der Waals surface area (Å²) in [6.45, 7) is 10.2. The molecule has 0 fully saturated rings. The molecule has 1 rings (SSSR count). The molecule has 0 saturated heterocycles. The van der Waals surface area contributed by atoms with Gasteiger partial charge < -0.3 is 5.73 Å². The fourth-order valence-corrected chi connectivity index (χ4v) is 4.21. The Morgan fingerprint density at radius 1 is 1.12 bits per heavy atom. The first kappa shape index (κ1) is 13.5. The Labute approximate surface area is 101 Å². The van der Waals surface area contributed by atoms with Crippen LogP contribution < -0.4 is 5.73 Å². The fourth-order valence-electron chi connectivity index (χ4n) is 2.16. The van der Waals surface area contributed by atoms with Crippen LogP contribution in [0.3, 0.4) is 0 Å². The zero-order valence-electron chi connectivity index (χ0n) is 11.1. The molecule has 16 heavy (non-hydrogen) atoms. The Bertz CT molecular complexity index is 311. The Balaban J connectivity index is 2.60. The molecule has 0 heterocycles. The Morgan fingerprint density at radius 2 is 1.69 bits per heavy atom. The maximum absolute atomic E-state index is 5.88. The van der Waals surface area contributed by atoms with Gasteiger partial charge in [0.05, 0.1) is 0 Å². The molecule has 2 heteroatoms. The number of aryl methyl sites for hydroxylation is 1. The number of benzene rings is 1. The predicted molar refractivity (Wildman–Crippen MR) is 75.6 cm³/mol. The number of nitrogens with two attached hydrogens (primary N) is 1. The third-order valence-electron chi connectivity index (χ3n) is 2.88. The highest BCUT2D eigenvalue weighted by Gasteiger charge is 2.19. The van der Waals surface area contributed by atoms with E-state index in [1.54, 1.807) is 0 Å². The first-order chi connectivity index (χ1) is 7.40. The van der Waals surface area contributed by atoms with Gasteiger partial charge in [0.1, 0.15) is 0 Å². The molecule has 0 aliphatic heterocycles. The monoisotopic (exact) mass is 235 g/mol. The highest BCUT2D eigenvalue weighted by molar-refractivity contribution is 6.76. The van der Waals surface area contributed by atoms with Crippen molar-refractivity contribution in [1.82, 2.24) is 0 Å². The van der Waals surface area contributed by atoms with Gasteiger partial charge in [0.15, 0.2) is 0 Å². The minimum atomic E-state index is -0.986. The molecule has 0 amide bonds. The van der Waals surface area contributed by atoms with Crippen LogP contribution in [0.2, 0.25) is 25.7 Å². The van der Waals surface area contributed by atoms with E-state index in [-0.39, 0.29) is 0 Å². The second-order valence-electron chi connectivity index (χ2n) is 6.06. The average molecular weight is 235 g/mol. The van der Waals surface area contributed by atoms with Crippen molar-refractivity contribution < 1.29 is 0 Å². The first-order valence-electron chi connectivity index (χ1n) is 6.16. The van der Waals surface area contributed by atoms with E-state index in [1.165, 1.54) is 17.2 Å². The molecule has 0 spiro atoms. The van der Waals surface area contributed by atoms with Crippen molar-refractivity contribution in [2.75, 3.05) is 6.54 Å². The second kappa shape index (κ2) is 5.64. The molecule has 1 nitrogen and oxygen atoms in total. The second-order valence-corrected chi connectivity index (χ2v) is 11.6. The number of hydrogen-bond donors (Lipinski definition) is 1. The molecule has 1 aromatic rings. The molecule has 0 radical (unpaired) electrons. The lowest BCUT2D eigenvalue weighted by Crippen LogP contribution is -2.29. The molecule has 1 aromatic carbocycles. The maximum Gasteiger partial charge on any atom is 0.0446 e. The van der Waals surface area contributed by atoms with Crippen molar-refractivity contribution in [3.8, 4) is 0 Å². The van der Waals surface area contributed by atoms with Crippen molar-refractivity contribution in [2.24, 2.45) is 11.7 Å². The van der Waals surface area contributed by atoms with Gasteiger partial charge in [-0.1, -0.05) is 55.5 Å². The Morgan fingerprint density at radius 3 is 2.12 bits per heavy atom. The van der Waals surface area contributed by atoms with Crippen molar-refractivity contribution in [3.05, 3.63) is 35.4 Å². The maximum atomic E-state index is 5.88. The lowest BCUT2D eigenvalue weighted by atomic mass is 10.0. The summed E-state index contributed by atoms with van der Waals surface area (Å²) < 4.78 is 0. The van der Waals surface area contributed by atoms with Gasteiger partial charge >= 0.3 is 0 Å². The molecule has 0 aromatic heterocycles. The smallest absolute Gasteiger partial charge is 0.0446 e. The molecule has 0 aliphatic carbocycles. The van der Waals surface area contributed by atoms with E-state index in [0.29, 0.717) is 5.92 Å². The molecule has 0 aliphatic rings. The van der Waals surface area contributed by atoms with Crippen LogP contribution in [-0.2, 0) is 6.42 Å². The van der Waals surface area contributed by atoms with E-state index in [9.17, 15) is 0 Å². The molecule has 2 N–H and O–H groups in total. The SMILES string of the molecule is Cc1ccc(CC(CN)C[Si](C)(C)C)cc1. The van der Waals surface area contributed by atoms with E-state index in [2.05, 4.69) is 50.8 Å². The number of hydrogen-bond acceptors (Lipinski definition) is 1. The Kier molecular flexibility index (Phi) is 4.75. The third kappa shape index (κ3) is 4.95. The summed E-state index contributed by atoms with van der Waals surface area (Å²) in [5.74, 6) is 0.661. The largest absolute Gasteiger partial charge is 0.330 e. The molecular formula is C14H25NSi. The predicted octanol–water partition coefficient (Wildman–Crippen LogP) is 3.45. The van der Waals surface area contributed by atoms with E-state index in [1.807, 2.05) is 0 Å². The molecule has 0 bridgehead atoms. The fraction of sp³-hybridized carbons (Fsp3) is 0.571. The summed E-state index contributed by atoms with van der Waals surface area (Å²) in [5.41, 5.74) is 8.64. The number of rotatable bonds is 5. The standard InChI is InChI=1S/C14H25NSi/c1-12-5-7-13(8-6-12)9-14(10-15)11-16(2,3)4/h5-8,14H,9-11,15H2,1-4H3. The van der Waals surface area contributed by atoms with Gasteiger partial charge in [-0.25, -0.2) is 0 Å². The minimum Gasteiger partial charge on any atom is -0.330 e. The van der Waals surface area contributed by atoms with Crippen LogP contribution in [0.15, 0.2) is 24.3 Å². The summed E-state index contributed by atoms with van der Waals surface area (Å²) >= 11 is 0. The summed E-state index contributed by atoms with van der Waals surface area (Å²) in [5, 5.41) is 0. The molecule has 1 atom stereocenters. The van der Waals surface area contributed by atoms with Crippen LogP contribution in [-0.4, -0.2) is 14.6 Å². The zero-order valence-corrected chi connectivity index (χ0v) is 12.1. The summed E-state index contributed by atoms with van der Waals surface area (Å²) in [4.78, 5) is 0. The minimum absolute atomic E-state index is 0.661. The van der Waals surface area contributed by atoms with E-state index in [0.717, 1.165) is 13.0 Å². The van der Waals surface area contributed by atoms with Gasteiger partial charge in [-0.2, -0.15) is 0 Å². The molecule has 0 saturated carbocycles. The van der Waals surface area contributed by atoms with E-state index in [4.69, 9.17) is 5.73 Å². The van der Waals surface area contributed by atoms with Crippen LogP contribution in [0.4, 0.5) is 0 Å². The van der Waals surface area contributed by atoms with Crippen LogP contribution in [0.5, 0.6) is 0 Å². The molecular weight excluding hydrogens is 210 g/mol. The third-order valence-corrected chi connectivity index (χ3v) is 4.68. The lowest BCUT2D eigenvalue weighted by molar-refractivity contribution is 0.584. The van der Waals surface area contributed by atoms with Gasteiger partial charge in [-0.05, 0) is 31.4 Å². The topological polar surface area (TPSA) is 26.0 Å². The van der Waals surface area contributed by atoms with Gasteiger partial charge in [0.2, 0.25) is 0 Å².